The quantitative estimate of drug-likeness (QED) is 0.769. The largest absolute Gasteiger partial charge is 0.353 e. The van der Waals surface area contributed by atoms with Crippen LogP contribution in [0.4, 0.5) is 10.5 Å². The Morgan fingerprint density at radius 1 is 1.35 bits per heavy atom. The first kappa shape index (κ1) is 16.8. The highest BCUT2D eigenvalue weighted by molar-refractivity contribution is 5.97. The molecule has 1 fully saturated rings. The second-order valence-corrected chi connectivity index (χ2v) is 5.40. The SMILES string of the molecule is CCNC(=O)N1CCNC(=O)[C@H]1CC(=O)Nc1ccccc1C. The van der Waals surface area contributed by atoms with Crippen molar-refractivity contribution >= 4 is 23.5 Å². The van der Waals surface area contributed by atoms with Crippen LogP contribution in [0.5, 0.6) is 0 Å². The van der Waals surface area contributed by atoms with Crippen molar-refractivity contribution in [3.63, 3.8) is 0 Å². The number of piperazine rings is 1. The minimum absolute atomic E-state index is 0.0721. The lowest BCUT2D eigenvalue weighted by molar-refractivity contribution is -0.131. The number of hydrogen-bond acceptors (Lipinski definition) is 3. The van der Waals surface area contributed by atoms with Crippen molar-refractivity contribution in [1.82, 2.24) is 15.5 Å². The van der Waals surface area contributed by atoms with E-state index in [0.29, 0.717) is 25.3 Å². The fourth-order valence-corrected chi connectivity index (χ4v) is 2.50. The summed E-state index contributed by atoms with van der Waals surface area (Å²) in [6.45, 7) is 4.95. The van der Waals surface area contributed by atoms with Gasteiger partial charge in [0.1, 0.15) is 6.04 Å². The molecule has 124 valence electrons. The number of amides is 4. The maximum absolute atomic E-state index is 12.3. The van der Waals surface area contributed by atoms with Gasteiger partial charge in [0.05, 0.1) is 6.42 Å². The number of aryl methyl sites for hydroxylation is 1. The monoisotopic (exact) mass is 318 g/mol. The minimum Gasteiger partial charge on any atom is -0.353 e. The molecule has 0 aromatic heterocycles. The van der Waals surface area contributed by atoms with Crippen molar-refractivity contribution in [2.75, 3.05) is 25.0 Å². The van der Waals surface area contributed by atoms with Gasteiger partial charge in [-0.3, -0.25) is 9.59 Å². The van der Waals surface area contributed by atoms with Crippen LogP contribution >= 0.6 is 0 Å². The van der Waals surface area contributed by atoms with Gasteiger partial charge < -0.3 is 20.9 Å². The van der Waals surface area contributed by atoms with Crippen molar-refractivity contribution < 1.29 is 14.4 Å². The molecule has 0 bridgehead atoms. The van der Waals surface area contributed by atoms with Gasteiger partial charge in [0, 0.05) is 25.3 Å². The van der Waals surface area contributed by atoms with E-state index in [9.17, 15) is 14.4 Å². The summed E-state index contributed by atoms with van der Waals surface area (Å²) in [4.78, 5) is 37.8. The van der Waals surface area contributed by atoms with Crippen LogP contribution in [0.3, 0.4) is 0 Å². The number of nitrogens with one attached hydrogen (secondary N) is 3. The number of anilines is 1. The first-order chi connectivity index (χ1) is 11.0. The van der Waals surface area contributed by atoms with E-state index < -0.39 is 6.04 Å². The van der Waals surface area contributed by atoms with Crippen LogP contribution in [0, 0.1) is 6.92 Å². The Balaban J connectivity index is 2.05. The molecule has 7 nitrogen and oxygen atoms in total. The molecule has 0 radical (unpaired) electrons. The van der Waals surface area contributed by atoms with E-state index >= 15 is 0 Å². The molecule has 1 aliphatic rings. The number of rotatable bonds is 4. The van der Waals surface area contributed by atoms with Crippen molar-refractivity contribution in [1.29, 1.82) is 0 Å². The molecule has 7 heteroatoms. The predicted molar refractivity (Wildman–Crippen MR) is 87.0 cm³/mol. The Morgan fingerprint density at radius 2 is 2.09 bits per heavy atom. The third-order valence-electron chi connectivity index (χ3n) is 3.72. The van der Waals surface area contributed by atoms with Crippen LogP contribution < -0.4 is 16.0 Å². The average molecular weight is 318 g/mol. The summed E-state index contributed by atoms with van der Waals surface area (Å²) < 4.78 is 0. The molecule has 3 N–H and O–H groups in total. The molecule has 23 heavy (non-hydrogen) atoms. The van der Waals surface area contributed by atoms with Crippen LogP contribution in [-0.2, 0) is 9.59 Å². The zero-order valence-corrected chi connectivity index (χ0v) is 13.4. The van der Waals surface area contributed by atoms with Gasteiger partial charge >= 0.3 is 6.03 Å². The highest BCUT2D eigenvalue weighted by atomic mass is 16.2. The van der Waals surface area contributed by atoms with Crippen LogP contribution in [0.2, 0.25) is 0 Å². The van der Waals surface area contributed by atoms with E-state index in [2.05, 4.69) is 16.0 Å². The molecule has 0 spiro atoms. The van der Waals surface area contributed by atoms with Gasteiger partial charge in [-0.2, -0.15) is 0 Å². The topological polar surface area (TPSA) is 90.5 Å². The van der Waals surface area contributed by atoms with Crippen molar-refractivity contribution in [2.45, 2.75) is 26.3 Å². The van der Waals surface area contributed by atoms with Gasteiger partial charge in [-0.1, -0.05) is 18.2 Å². The normalized spacial score (nSPS) is 17.4. The van der Waals surface area contributed by atoms with Crippen molar-refractivity contribution in [3.8, 4) is 0 Å². The molecule has 1 saturated heterocycles. The molecular weight excluding hydrogens is 296 g/mol. The van der Waals surface area contributed by atoms with Crippen LogP contribution in [0.25, 0.3) is 0 Å². The Hall–Kier alpha value is -2.57. The second-order valence-electron chi connectivity index (χ2n) is 5.40. The third kappa shape index (κ3) is 4.21. The Labute approximate surface area is 135 Å². The summed E-state index contributed by atoms with van der Waals surface area (Å²) in [6.07, 6.45) is -0.0721. The Kier molecular flexibility index (Phi) is 5.56. The lowest BCUT2D eigenvalue weighted by Crippen LogP contribution is -2.60. The van der Waals surface area contributed by atoms with Crippen LogP contribution in [0.15, 0.2) is 24.3 Å². The van der Waals surface area contributed by atoms with Crippen molar-refractivity contribution in [3.05, 3.63) is 29.8 Å². The molecule has 1 aromatic carbocycles. The lowest BCUT2D eigenvalue weighted by Gasteiger charge is -2.34. The maximum atomic E-state index is 12.3. The van der Waals surface area contributed by atoms with Gasteiger partial charge in [0.15, 0.2) is 0 Å². The summed E-state index contributed by atoms with van der Waals surface area (Å²) in [5.74, 6) is -0.599. The number of nitrogens with zero attached hydrogens (tertiary/aromatic N) is 1. The molecular formula is C16H22N4O3. The summed E-state index contributed by atoms with van der Waals surface area (Å²) in [5, 5.41) is 8.16. The molecule has 0 saturated carbocycles. The van der Waals surface area contributed by atoms with E-state index in [1.807, 2.05) is 32.0 Å². The molecule has 1 heterocycles. The number of benzene rings is 1. The number of para-hydroxylation sites is 1. The first-order valence-electron chi connectivity index (χ1n) is 7.70. The highest BCUT2D eigenvalue weighted by Gasteiger charge is 2.34. The van der Waals surface area contributed by atoms with Crippen LogP contribution in [0.1, 0.15) is 18.9 Å². The number of carbonyl (C=O) groups excluding carboxylic acids is 3. The molecule has 1 aromatic rings. The van der Waals surface area contributed by atoms with Gasteiger partial charge in [0.2, 0.25) is 11.8 Å². The first-order valence-corrected chi connectivity index (χ1v) is 7.70. The minimum atomic E-state index is -0.792. The second kappa shape index (κ2) is 7.62. The number of urea groups is 1. The molecule has 0 unspecified atom stereocenters. The Bertz CT molecular complexity index is 603. The van der Waals surface area contributed by atoms with Gasteiger partial charge in [-0.05, 0) is 25.5 Å². The van der Waals surface area contributed by atoms with E-state index in [0.717, 1.165) is 5.56 Å². The molecule has 1 aliphatic heterocycles. The highest BCUT2D eigenvalue weighted by Crippen LogP contribution is 2.15. The van der Waals surface area contributed by atoms with Crippen molar-refractivity contribution in [2.24, 2.45) is 0 Å². The maximum Gasteiger partial charge on any atom is 0.318 e. The van der Waals surface area contributed by atoms with E-state index in [4.69, 9.17) is 0 Å². The Morgan fingerprint density at radius 3 is 2.78 bits per heavy atom. The number of carbonyl (C=O) groups is 3. The predicted octanol–water partition coefficient (Wildman–Crippen LogP) is 0.854. The van der Waals surface area contributed by atoms with Gasteiger partial charge in [0.25, 0.3) is 0 Å². The fourth-order valence-electron chi connectivity index (χ4n) is 2.50. The standard InChI is InChI=1S/C16H22N4O3/c1-3-17-16(23)20-9-8-18-15(22)13(20)10-14(21)19-12-7-5-4-6-11(12)2/h4-7,13H,3,8-10H2,1-2H3,(H,17,23)(H,18,22)(H,19,21)/t13-/m1/s1. The van der Waals surface area contributed by atoms with E-state index in [1.54, 1.807) is 6.07 Å². The van der Waals surface area contributed by atoms with E-state index in [1.165, 1.54) is 4.90 Å². The fraction of sp³-hybridized carbons (Fsp3) is 0.438. The summed E-state index contributed by atoms with van der Waals surface area (Å²) in [6, 6.07) is 6.29. The summed E-state index contributed by atoms with van der Waals surface area (Å²) in [5.41, 5.74) is 1.65. The molecule has 1 atom stereocenters. The zero-order valence-electron chi connectivity index (χ0n) is 13.4. The van der Waals surface area contributed by atoms with Gasteiger partial charge in [-0.15, -0.1) is 0 Å². The molecule has 2 rings (SSSR count). The zero-order chi connectivity index (χ0) is 16.8. The third-order valence-corrected chi connectivity index (χ3v) is 3.72. The van der Waals surface area contributed by atoms with Crippen LogP contribution in [-0.4, -0.2) is 48.4 Å². The number of hydrogen-bond donors (Lipinski definition) is 3. The smallest absolute Gasteiger partial charge is 0.318 e. The molecule has 0 aliphatic carbocycles. The molecule has 4 amide bonds. The lowest BCUT2D eigenvalue weighted by atomic mass is 10.1. The van der Waals surface area contributed by atoms with E-state index in [-0.39, 0.29) is 24.3 Å². The average Bonchev–Trinajstić information content (AvgIpc) is 2.52. The summed E-state index contributed by atoms with van der Waals surface area (Å²) in [7, 11) is 0. The van der Waals surface area contributed by atoms with Gasteiger partial charge in [-0.25, -0.2) is 4.79 Å². The summed E-state index contributed by atoms with van der Waals surface area (Å²) >= 11 is 0.